The largest absolute Gasteiger partial charge is 0.309 e. The number of benzene rings is 9. The predicted octanol–water partition coefficient (Wildman–Crippen LogP) is 15.5. The van der Waals surface area contributed by atoms with E-state index in [2.05, 4.69) is 152 Å². The minimum Gasteiger partial charge on any atom is -0.309 e. The van der Waals surface area contributed by atoms with Gasteiger partial charge in [-0.25, -0.2) is 24.6 Å². The van der Waals surface area contributed by atoms with Gasteiger partial charge in [0.25, 0.3) is 0 Å². The molecule has 12 aromatic rings. The molecule has 0 saturated carbocycles. The third-order valence-corrected chi connectivity index (χ3v) is 12.4. The number of fused-ring (bicyclic) bond motifs is 6. The summed E-state index contributed by atoms with van der Waals surface area (Å²) in [6.45, 7) is 15.6. The van der Waals surface area contributed by atoms with Crippen molar-refractivity contribution in [2.45, 2.75) is 0 Å². The van der Waals surface area contributed by atoms with E-state index in [1.807, 2.05) is 72.8 Å². The molecule has 0 fully saturated rings. The van der Waals surface area contributed by atoms with Crippen molar-refractivity contribution in [3.63, 3.8) is 0 Å². The Labute approximate surface area is 380 Å². The first-order valence-corrected chi connectivity index (χ1v) is 21.7. The number of rotatable bonds is 7. The molecule has 0 aliphatic rings. The van der Waals surface area contributed by atoms with Crippen molar-refractivity contribution in [1.82, 2.24) is 24.1 Å². The van der Waals surface area contributed by atoms with Crippen LogP contribution >= 0.6 is 0 Å². The molecule has 7 heteroatoms. The summed E-state index contributed by atoms with van der Waals surface area (Å²) < 4.78 is 4.65. The van der Waals surface area contributed by atoms with Gasteiger partial charge in [-0.15, -0.1) is 0 Å². The van der Waals surface area contributed by atoms with E-state index in [1.54, 1.807) is 6.07 Å². The van der Waals surface area contributed by atoms with E-state index in [0.717, 1.165) is 93.9 Å². The molecule has 0 saturated heterocycles. The Hall–Kier alpha value is -9.43. The van der Waals surface area contributed by atoms with Crippen LogP contribution in [0.2, 0.25) is 0 Å². The second kappa shape index (κ2) is 15.7. The monoisotopic (exact) mass is 841 g/mol. The van der Waals surface area contributed by atoms with Gasteiger partial charge in [0, 0.05) is 43.9 Å². The van der Waals surface area contributed by atoms with E-state index >= 15 is 0 Å². The van der Waals surface area contributed by atoms with Gasteiger partial charge in [0.2, 0.25) is 0 Å². The number of nitrogens with zero attached hydrogens (tertiary/aromatic N) is 7. The maximum absolute atomic E-state index is 7.78. The Morgan fingerprint density at radius 3 is 1.55 bits per heavy atom. The zero-order valence-electron chi connectivity index (χ0n) is 35.3. The standard InChI is InChI=1S/C59H35N7/c1-60-43-33-42(34-44(37-43)61-2)40-29-31-48-47-23-12-14-26-51(47)66(55(48)36-40)53-32-30-41(46-25-16-28-54-56(46)49-24-13-15-27-52(49)65(54)45-21-10-5-11-22-45)35-50(53)59-63-57(38-17-6-3-7-18-38)62-58(64-59)39-19-8-4-9-20-39/h3-37H. The number of para-hydroxylation sites is 3. The van der Waals surface area contributed by atoms with Gasteiger partial charge in [-0.3, -0.25) is 0 Å². The van der Waals surface area contributed by atoms with Crippen LogP contribution in [0.5, 0.6) is 0 Å². The summed E-state index contributed by atoms with van der Waals surface area (Å²) in [7, 11) is 0. The molecule has 0 bridgehead atoms. The quantitative estimate of drug-likeness (QED) is 0.150. The molecule has 0 amide bonds. The van der Waals surface area contributed by atoms with Crippen LogP contribution in [0.15, 0.2) is 212 Å². The van der Waals surface area contributed by atoms with Gasteiger partial charge >= 0.3 is 0 Å². The summed E-state index contributed by atoms with van der Waals surface area (Å²) in [6.07, 6.45) is 0. The van der Waals surface area contributed by atoms with Crippen molar-refractivity contribution in [3.8, 4) is 67.8 Å². The topological polar surface area (TPSA) is 57.2 Å². The molecular formula is C59H35N7. The molecule has 0 aliphatic carbocycles. The van der Waals surface area contributed by atoms with Crippen molar-refractivity contribution in [1.29, 1.82) is 0 Å². The maximum Gasteiger partial charge on any atom is 0.177 e. The summed E-state index contributed by atoms with van der Waals surface area (Å²) >= 11 is 0. The second-order valence-corrected chi connectivity index (χ2v) is 16.2. The fourth-order valence-electron chi connectivity index (χ4n) is 9.42. The number of hydrogen-bond donors (Lipinski definition) is 0. The van der Waals surface area contributed by atoms with Crippen LogP contribution in [0.25, 0.3) is 121 Å². The van der Waals surface area contributed by atoms with E-state index in [9.17, 15) is 0 Å². The van der Waals surface area contributed by atoms with E-state index in [0.29, 0.717) is 28.8 Å². The van der Waals surface area contributed by atoms with Crippen LogP contribution in [0.1, 0.15) is 0 Å². The fourth-order valence-corrected chi connectivity index (χ4v) is 9.42. The highest BCUT2D eigenvalue weighted by Gasteiger charge is 2.23. The Morgan fingerprint density at radius 1 is 0.333 bits per heavy atom. The van der Waals surface area contributed by atoms with Crippen LogP contribution in [-0.2, 0) is 0 Å². The lowest BCUT2D eigenvalue weighted by molar-refractivity contribution is 1.06. The molecule has 3 heterocycles. The lowest BCUT2D eigenvalue weighted by Gasteiger charge is -2.17. The molecule has 0 aliphatic heterocycles. The maximum atomic E-state index is 7.78. The minimum atomic E-state index is 0.428. The molecule has 306 valence electrons. The van der Waals surface area contributed by atoms with Gasteiger partial charge in [-0.05, 0) is 70.8 Å². The van der Waals surface area contributed by atoms with Gasteiger partial charge < -0.3 is 9.13 Å². The lowest BCUT2D eigenvalue weighted by Crippen LogP contribution is -2.04. The van der Waals surface area contributed by atoms with Crippen LogP contribution in [0.4, 0.5) is 11.4 Å². The zero-order chi connectivity index (χ0) is 44.1. The van der Waals surface area contributed by atoms with E-state index in [4.69, 9.17) is 28.1 Å². The Balaban J connectivity index is 1.17. The molecule has 7 nitrogen and oxygen atoms in total. The smallest absolute Gasteiger partial charge is 0.177 e. The fraction of sp³-hybridized carbons (Fsp3) is 0. The normalized spacial score (nSPS) is 11.3. The van der Waals surface area contributed by atoms with E-state index in [1.165, 1.54) is 0 Å². The molecule has 0 N–H and O–H groups in total. The average molecular weight is 842 g/mol. The third kappa shape index (κ3) is 6.39. The Morgan fingerprint density at radius 2 is 0.879 bits per heavy atom. The molecule has 3 aromatic heterocycles. The van der Waals surface area contributed by atoms with Gasteiger partial charge in [-0.1, -0.05) is 164 Å². The van der Waals surface area contributed by atoms with Gasteiger partial charge in [-0.2, -0.15) is 0 Å². The SMILES string of the molecule is [C-]#[N+]c1cc([N+]#[C-])cc(-c2ccc3c4ccccc4n(-c4ccc(-c5cccc6c5c5ccccc5n6-c5ccccc5)cc4-c4nc(-c5ccccc5)nc(-c5ccccc5)n4)c3c2)c1. The molecular weight excluding hydrogens is 807 g/mol. The van der Waals surface area contributed by atoms with Crippen molar-refractivity contribution < 1.29 is 0 Å². The predicted molar refractivity (Wildman–Crippen MR) is 268 cm³/mol. The summed E-state index contributed by atoms with van der Waals surface area (Å²) in [5.74, 6) is 1.68. The molecule has 0 spiro atoms. The van der Waals surface area contributed by atoms with Gasteiger partial charge in [0.05, 0.1) is 40.9 Å². The number of hydrogen-bond acceptors (Lipinski definition) is 3. The summed E-state index contributed by atoms with van der Waals surface area (Å²) in [5, 5.41) is 4.48. The third-order valence-electron chi connectivity index (χ3n) is 12.4. The molecule has 0 unspecified atom stereocenters. The van der Waals surface area contributed by atoms with Crippen LogP contribution in [0, 0.1) is 13.1 Å². The first kappa shape index (κ1) is 38.3. The molecule has 0 radical (unpaired) electrons. The zero-order valence-corrected chi connectivity index (χ0v) is 35.3. The minimum absolute atomic E-state index is 0.428. The molecule has 66 heavy (non-hydrogen) atoms. The Kier molecular flexibility index (Phi) is 9.12. The van der Waals surface area contributed by atoms with Crippen molar-refractivity contribution >= 4 is 55.0 Å². The van der Waals surface area contributed by atoms with Gasteiger partial charge in [0.15, 0.2) is 28.8 Å². The highest BCUT2D eigenvalue weighted by Crippen LogP contribution is 2.43. The number of aromatic nitrogens is 5. The second-order valence-electron chi connectivity index (χ2n) is 16.2. The van der Waals surface area contributed by atoms with Crippen molar-refractivity contribution in [2.24, 2.45) is 0 Å². The molecule has 0 atom stereocenters. The Bertz CT molecular complexity index is 3860. The van der Waals surface area contributed by atoms with Crippen molar-refractivity contribution in [3.05, 3.63) is 235 Å². The highest BCUT2D eigenvalue weighted by molar-refractivity contribution is 6.16. The summed E-state index contributed by atoms with van der Waals surface area (Å²) in [5.41, 5.74) is 13.5. The first-order chi connectivity index (χ1) is 32.6. The van der Waals surface area contributed by atoms with Crippen molar-refractivity contribution in [2.75, 3.05) is 0 Å². The highest BCUT2D eigenvalue weighted by atomic mass is 15.1. The van der Waals surface area contributed by atoms with Gasteiger partial charge in [0.1, 0.15) is 0 Å². The average Bonchev–Trinajstić information content (AvgIpc) is 3.91. The van der Waals surface area contributed by atoms with E-state index < -0.39 is 0 Å². The summed E-state index contributed by atoms with van der Waals surface area (Å²) in [6, 6.07) is 72.7. The van der Waals surface area contributed by atoms with Crippen LogP contribution in [-0.4, -0.2) is 24.1 Å². The molecule has 9 aromatic carbocycles. The first-order valence-electron chi connectivity index (χ1n) is 21.7. The van der Waals surface area contributed by atoms with Crippen LogP contribution in [0.3, 0.4) is 0 Å². The van der Waals surface area contributed by atoms with E-state index in [-0.39, 0.29) is 0 Å². The van der Waals surface area contributed by atoms with Crippen LogP contribution < -0.4 is 0 Å². The molecule has 12 rings (SSSR count). The summed E-state index contributed by atoms with van der Waals surface area (Å²) in [4.78, 5) is 23.1. The lowest BCUT2D eigenvalue weighted by atomic mass is 9.96.